The number of hydrogen-bond donors (Lipinski definition) is 1. The van der Waals surface area contributed by atoms with Crippen molar-refractivity contribution < 1.29 is 19.4 Å². The van der Waals surface area contributed by atoms with Crippen molar-refractivity contribution in [3.05, 3.63) is 107 Å². The van der Waals surface area contributed by atoms with Crippen LogP contribution in [-0.2, 0) is 15.3 Å². The summed E-state index contributed by atoms with van der Waals surface area (Å²) < 4.78 is 8.29. The molecule has 9 nitrogen and oxygen atoms in total. The number of fused-ring (bicyclic) bond motifs is 1. The van der Waals surface area contributed by atoms with Gasteiger partial charge >= 0.3 is 5.91 Å². The number of hydrogen-bond acceptors (Lipinski definition) is 9. The minimum atomic E-state index is -0.935. The Labute approximate surface area is 269 Å². The number of benzene rings is 2. The number of thioether (sulfide) groups is 1. The van der Waals surface area contributed by atoms with Crippen LogP contribution in [0.25, 0.3) is 11.4 Å². The Balaban J connectivity index is 1.38. The standard InChI is InChI=1S/C34H33N5O4S2/c1-4-5-8-19-43-25-16-14-24(15-17-25)29-27(30(40)28-22(3)35-26-9-6-7-18-38(26)28)31(41)32(42)39(29)33-36-37-34(45-33)44-20-23-12-10-21(2)11-13-23/h6-7,9-18,29,40H,4-5,8,19-20H2,1-3H3/b30-27+. The molecule has 11 heteroatoms. The van der Waals surface area contributed by atoms with E-state index in [9.17, 15) is 14.7 Å². The van der Waals surface area contributed by atoms with E-state index in [-0.39, 0.29) is 16.5 Å². The first-order valence-corrected chi connectivity index (χ1v) is 16.7. The Bertz CT molecular complexity index is 1880. The molecule has 2 aromatic carbocycles. The number of carbonyl (C=O) groups excluding carboxylic acids is 2. The molecule has 3 aromatic heterocycles. The SMILES string of the molecule is CCCCCOc1ccc(C2/C(=C(\O)c3c(C)nc4ccccn34)C(=O)C(=O)N2c2nnc(SCc3ccc(C)cc3)s2)cc1. The van der Waals surface area contributed by atoms with Crippen LogP contribution in [0, 0.1) is 13.8 Å². The summed E-state index contributed by atoms with van der Waals surface area (Å²) in [5.74, 6) is -0.499. The quantitative estimate of drug-likeness (QED) is 0.0401. The fraction of sp³-hybridized carbons (Fsp3) is 0.265. The molecule has 1 saturated heterocycles. The second-order valence-corrected chi connectivity index (χ2v) is 13.1. The van der Waals surface area contributed by atoms with Gasteiger partial charge in [0.1, 0.15) is 17.1 Å². The lowest BCUT2D eigenvalue weighted by molar-refractivity contribution is -0.132. The monoisotopic (exact) mass is 639 g/mol. The lowest BCUT2D eigenvalue weighted by Gasteiger charge is -2.22. The van der Waals surface area contributed by atoms with Gasteiger partial charge in [0.2, 0.25) is 5.13 Å². The van der Waals surface area contributed by atoms with E-state index in [1.807, 2.05) is 49.4 Å². The van der Waals surface area contributed by atoms with Gasteiger partial charge in [0.05, 0.1) is 23.9 Å². The number of ether oxygens (including phenoxy) is 1. The molecule has 0 spiro atoms. The summed E-state index contributed by atoms with van der Waals surface area (Å²) in [6.45, 7) is 6.56. The molecule has 1 atom stereocenters. The molecule has 230 valence electrons. The lowest BCUT2D eigenvalue weighted by atomic mass is 9.96. The van der Waals surface area contributed by atoms with Crippen LogP contribution in [0.15, 0.2) is 82.8 Å². The summed E-state index contributed by atoms with van der Waals surface area (Å²) in [5.41, 5.74) is 4.44. The number of aliphatic hydroxyl groups is 1. The Morgan fingerprint density at radius 2 is 1.78 bits per heavy atom. The van der Waals surface area contributed by atoms with Gasteiger partial charge in [0, 0.05) is 11.9 Å². The van der Waals surface area contributed by atoms with E-state index < -0.39 is 17.7 Å². The van der Waals surface area contributed by atoms with Gasteiger partial charge in [-0.3, -0.25) is 18.9 Å². The number of nitrogens with zero attached hydrogens (tertiary/aromatic N) is 5. The summed E-state index contributed by atoms with van der Waals surface area (Å²) in [5, 5.41) is 20.7. The molecule has 0 aliphatic carbocycles. The minimum Gasteiger partial charge on any atom is -0.505 e. The second-order valence-electron chi connectivity index (χ2n) is 10.9. The van der Waals surface area contributed by atoms with Crippen molar-refractivity contribution in [2.75, 3.05) is 11.5 Å². The van der Waals surface area contributed by atoms with Crippen molar-refractivity contribution in [2.24, 2.45) is 0 Å². The van der Waals surface area contributed by atoms with Crippen LogP contribution in [-0.4, -0.2) is 43.0 Å². The fourth-order valence-electron chi connectivity index (χ4n) is 5.35. The van der Waals surface area contributed by atoms with E-state index in [2.05, 4.69) is 46.4 Å². The molecule has 1 N–H and O–H groups in total. The van der Waals surface area contributed by atoms with E-state index in [1.54, 1.807) is 17.5 Å². The minimum absolute atomic E-state index is 0.0329. The van der Waals surface area contributed by atoms with Crippen molar-refractivity contribution in [3.8, 4) is 5.75 Å². The number of anilines is 1. The van der Waals surface area contributed by atoms with E-state index >= 15 is 0 Å². The average molecular weight is 640 g/mol. The van der Waals surface area contributed by atoms with Crippen LogP contribution in [0.4, 0.5) is 5.13 Å². The third-order valence-electron chi connectivity index (χ3n) is 7.67. The van der Waals surface area contributed by atoms with Gasteiger partial charge in [-0.05, 0) is 55.7 Å². The topological polar surface area (TPSA) is 110 Å². The summed E-state index contributed by atoms with van der Waals surface area (Å²) in [6.07, 6.45) is 4.91. The molecule has 5 aromatic rings. The van der Waals surface area contributed by atoms with Gasteiger partial charge in [-0.1, -0.05) is 90.9 Å². The molecule has 4 heterocycles. The van der Waals surface area contributed by atoms with Crippen molar-refractivity contribution >= 4 is 51.3 Å². The van der Waals surface area contributed by atoms with Gasteiger partial charge in [-0.2, -0.15) is 0 Å². The predicted octanol–water partition coefficient (Wildman–Crippen LogP) is 7.29. The van der Waals surface area contributed by atoms with Crippen molar-refractivity contribution in [2.45, 2.75) is 56.2 Å². The second kappa shape index (κ2) is 13.3. The number of rotatable bonds is 11. The maximum Gasteiger partial charge on any atom is 0.301 e. The third-order valence-corrected chi connectivity index (χ3v) is 9.80. The zero-order valence-electron chi connectivity index (χ0n) is 25.3. The van der Waals surface area contributed by atoms with Crippen LogP contribution < -0.4 is 9.64 Å². The number of pyridine rings is 1. The Morgan fingerprint density at radius 1 is 1.00 bits per heavy atom. The first kappa shape index (κ1) is 30.5. The highest BCUT2D eigenvalue weighted by molar-refractivity contribution is 8.00. The number of aliphatic hydroxyl groups excluding tert-OH is 1. The highest BCUT2D eigenvalue weighted by Crippen LogP contribution is 2.44. The first-order valence-electron chi connectivity index (χ1n) is 14.9. The number of unbranched alkanes of at least 4 members (excludes halogenated alkanes) is 2. The number of amides is 1. The average Bonchev–Trinajstić information content (AvgIpc) is 3.72. The van der Waals surface area contributed by atoms with E-state index in [1.165, 1.54) is 33.6 Å². The summed E-state index contributed by atoms with van der Waals surface area (Å²) in [6, 6.07) is 20.1. The van der Waals surface area contributed by atoms with Crippen LogP contribution in [0.1, 0.15) is 60.3 Å². The molecule has 1 unspecified atom stereocenters. The van der Waals surface area contributed by atoms with Crippen molar-refractivity contribution in [1.82, 2.24) is 19.6 Å². The Morgan fingerprint density at radius 3 is 2.53 bits per heavy atom. The zero-order valence-corrected chi connectivity index (χ0v) is 26.9. The van der Waals surface area contributed by atoms with Crippen LogP contribution in [0.2, 0.25) is 0 Å². The molecule has 1 aliphatic rings. The largest absolute Gasteiger partial charge is 0.505 e. The molecular formula is C34H33N5O4S2. The molecule has 0 saturated carbocycles. The lowest BCUT2D eigenvalue weighted by Crippen LogP contribution is -2.29. The summed E-state index contributed by atoms with van der Waals surface area (Å²) in [4.78, 5) is 33.4. The normalized spacial score (nSPS) is 16.2. The van der Waals surface area contributed by atoms with Crippen molar-refractivity contribution in [1.29, 1.82) is 0 Å². The molecule has 1 aliphatic heterocycles. The number of ketones is 1. The maximum atomic E-state index is 13.8. The van der Waals surface area contributed by atoms with Crippen LogP contribution >= 0.6 is 23.1 Å². The van der Waals surface area contributed by atoms with E-state index in [4.69, 9.17) is 4.74 Å². The van der Waals surface area contributed by atoms with Gasteiger partial charge in [0.25, 0.3) is 5.78 Å². The van der Waals surface area contributed by atoms with Gasteiger partial charge in [-0.15, -0.1) is 10.2 Å². The smallest absolute Gasteiger partial charge is 0.301 e. The van der Waals surface area contributed by atoms with Gasteiger partial charge in [0.15, 0.2) is 10.1 Å². The maximum absolute atomic E-state index is 13.8. The van der Waals surface area contributed by atoms with Crippen LogP contribution in [0.5, 0.6) is 5.75 Å². The van der Waals surface area contributed by atoms with Crippen molar-refractivity contribution in [3.63, 3.8) is 0 Å². The number of aryl methyl sites for hydroxylation is 2. The molecule has 1 amide bonds. The third kappa shape index (κ3) is 6.23. The van der Waals surface area contributed by atoms with Gasteiger partial charge < -0.3 is 9.84 Å². The fourth-order valence-corrected chi connectivity index (χ4v) is 7.17. The zero-order chi connectivity index (χ0) is 31.5. The molecule has 0 bridgehead atoms. The number of aromatic nitrogens is 4. The molecule has 1 fully saturated rings. The molecule has 0 radical (unpaired) electrons. The van der Waals surface area contributed by atoms with E-state index in [0.717, 1.165) is 24.8 Å². The predicted molar refractivity (Wildman–Crippen MR) is 177 cm³/mol. The number of imidazole rings is 1. The first-order chi connectivity index (χ1) is 21.9. The summed E-state index contributed by atoms with van der Waals surface area (Å²) >= 11 is 2.75. The highest BCUT2D eigenvalue weighted by Gasteiger charge is 2.49. The number of Topliss-reactive ketones (excluding diaryl/α,β-unsaturated/α-hetero) is 1. The summed E-state index contributed by atoms with van der Waals surface area (Å²) in [7, 11) is 0. The van der Waals surface area contributed by atoms with Gasteiger partial charge in [-0.25, -0.2) is 4.98 Å². The Hall–Kier alpha value is -4.48. The number of carbonyl (C=O) groups is 2. The highest BCUT2D eigenvalue weighted by atomic mass is 32.2. The Kier molecular flexibility index (Phi) is 8.99. The van der Waals surface area contributed by atoms with Crippen LogP contribution in [0.3, 0.4) is 0 Å². The molecule has 45 heavy (non-hydrogen) atoms. The molecule has 6 rings (SSSR count). The van der Waals surface area contributed by atoms with E-state index in [0.29, 0.717) is 45.0 Å². The molecular weight excluding hydrogens is 607 g/mol.